The number of anilines is 2. The van der Waals surface area contributed by atoms with Gasteiger partial charge in [0.25, 0.3) is 5.91 Å². The van der Waals surface area contributed by atoms with Gasteiger partial charge in [0.1, 0.15) is 5.76 Å². The van der Waals surface area contributed by atoms with E-state index < -0.39 is 0 Å². The van der Waals surface area contributed by atoms with Crippen LogP contribution in [0.3, 0.4) is 0 Å². The van der Waals surface area contributed by atoms with Crippen LogP contribution in [-0.2, 0) is 6.54 Å². The number of amides is 1. The molecule has 0 unspecified atom stereocenters. The molecule has 0 aliphatic carbocycles. The largest absolute Gasteiger partial charge is 0.467 e. The minimum atomic E-state index is -0.245. The van der Waals surface area contributed by atoms with Gasteiger partial charge in [-0.15, -0.1) is 0 Å². The predicted molar refractivity (Wildman–Crippen MR) is 95.8 cm³/mol. The van der Waals surface area contributed by atoms with Gasteiger partial charge in [-0.2, -0.15) is 0 Å². The minimum Gasteiger partial charge on any atom is -0.467 e. The molecule has 2 heterocycles. The lowest BCUT2D eigenvalue weighted by Crippen LogP contribution is -2.23. The highest BCUT2D eigenvalue weighted by atomic mass is 16.3. The molecule has 2 N–H and O–H groups in total. The van der Waals surface area contributed by atoms with Gasteiger partial charge in [0.2, 0.25) is 5.95 Å². The highest BCUT2D eigenvalue weighted by Crippen LogP contribution is 2.24. The van der Waals surface area contributed by atoms with Crippen molar-refractivity contribution in [1.29, 1.82) is 0 Å². The Kier molecular flexibility index (Phi) is 4.79. The first-order valence-electron chi connectivity index (χ1n) is 8.00. The van der Waals surface area contributed by atoms with Gasteiger partial charge in [0, 0.05) is 18.1 Å². The first-order chi connectivity index (χ1) is 12.0. The Morgan fingerprint density at radius 1 is 1.12 bits per heavy atom. The van der Waals surface area contributed by atoms with E-state index in [0.717, 1.165) is 16.8 Å². The van der Waals surface area contributed by atoms with Crippen LogP contribution in [-0.4, -0.2) is 15.9 Å². The second-order valence-corrected chi connectivity index (χ2v) is 5.96. The molecule has 3 aromatic rings. The number of carbonyl (C=O) groups is 1. The second-order valence-electron chi connectivity index (χ2n) is 5.96. The topological polar surface area (TPSA) is 80.0 Å². The first kappa shape index (κ1) is 16.7. The summed E-state index contributed by atoms with van der Waals surface area (Å²) in [4.78, 5) is 20.6. The average Bonchev–Trinajstić information content (AvgIpc) is 3.10. The fraction of sp³-hybridized carbons (Fsp3) is 0.211. The molecule has 3 rings (SSSR count). The third kappa shape index (κ3) is 4.03. The van der Waals surface area contributed by atoms with Crippen molar-refractivity contribution in [3.8, 4) is 0 Å². The van der Waals surface area contributed by atoms with Crippen molar-refractivity contribution in [2.24, 2.45) is 0 Å². The molecular weight excluding hydrogens is 316 g/mol. The van der Waals surface area contributed by atoms with Crippen LogP contribution in [0.15, 0.2) is 47.3 Å². The Morgan fingerprint density at radius 3 is 2.40 bits per heavy atom. The standard InChI is InChI=1S/C19H20N4O2/c1-12-7-13(2)17(14(3)8-12)23-19-21-9-15(10-22-19)18(24)20-11-16-5-4-6-25-16/h4-10H,11H2,1-3H3,(H,20,24)(H,21,22,23). The van der Waals surface area contributed by atoms with E-state index in [9.17, 15) is 4.79 Å². The van der Waals surface area contributed by atoms with Crippen LogP contribution in [0.1, 0.15) is 32.8 Å². The lowest BCUT2D eigenvalue weighted by molar-refractivity contribution is 0.0947. The van der Waals surface area contributed by atoms with Gasteiger partial charge in [-0.3, -0.25) is 4.79 Å². The summed E-state index contributed by atoms with van der Waals surface area (Å²) in [5, 5.41) is 5.98. The van der Waals surface area contributed by atoms with Crippen LogP contribution in [0.2, 0.25) is 0 Å². The Hall–Kier alpha value is -3.15. The normalized spacial score (nSPS) is 10.5. The van der Waals surface area contributed by atoms with Crippen LogP contribution in [0.5, 0.6) is 0 Å². The molecule has 128 valence electrons. The smallest absolute Gasteiger partial charge is 0.254 e. The van der Waals surface area contributed by atoms with Crippen molar-refractivity contribution in [2.75, 3.05) is 5.32 Å². The van der Waals surface area contributed by atoms with E-state index >= 15 is 0 Å². The molecule has 6 nitrogen and oxygen atoms in total. The second kappa shape index (κ2) is 7.17. The molecule has 0 aliphatic rings. The summed E-state index contributed by atoms with van der Waals surface area (Å²) in [6.45, 7) is 6.47. The predicted octanol–water partition coefficient (Wildman–Crippen LogP) is 3.67. The maximum absolute atomic E-state index is 12.1. The summed E-state index contributed by atoms with van der Waals surface area (Å²) in [5.74, 6) is 0.904. The van der Waals surface area contributed by atoms with Crippen LogP contribution < -0.4 is 10.6 Å². The molecular formula is C19H20N4O2. The van der Waals surface area contributed by atoms with Crippen molar-refractivity contribution < 1.29 is 9.21 Å². The maximum Gasteiger partial charge on any atom is 0.254 e. The van der Waals surface area contributed by atoms with E-state index in [-0.39, 0.29) is 5.91 Å². The van der Waals surface area contributed by atoms with E-state index in [2.05, 4.69) is 39.7 Å². The zero-order valence-electron chi connectivity index (χ0n) is 14.5. The number of benzene rings is 1. The number of carbonyl (C=O) groups excluding carboxylic acids is 1. The van der Waals surface area contributed by atoms with Crippen molar-refractivity contribution in [2.45, 2.75) is 27.3 Å². The van der Waals surface area contributed by atoms with Crippen molar-refractivity contribution >= 4 is 17.5 Å². The molecule has 25 heavy (non-hydrogen) atoms. The molecule has 0 aliphatic heterocycles. The van der Waals surface area contributed by atoms with E-state index in [4.69, 9.17) is 4.42 Å². The fourth-order valence-electron chi connectivity index (χ4n) is 2.68. The van der Waals surface area contributed by atoms with E-state index in [1.165, 1.54) is 18.0 Å². The van der Waals surface area contributed by atoms with Gasteiger partial charge >= 0.3 is 0 Å². The number of aryl methyl sites for hydroxylation is 3. The van der Waals surface area contributed by atoms with Gasteiger partial charge in [0.05, 0.1) is 18.4 Å². The first-order valence-corrected chi connectivity index (χ1v) is 8.00. The van der Waals surface area contributed by atoms with E-state index in [1.807, 2.05) is 13.8 Å². The Morgan fingerprint density at radius 2 is 1.80 bits per heavy atom. The van der Waals surface area contributed by atoms with Gasteiger partial charge in [-0.1, -0.05) is 17.7 Å². The molecule has 0 spiro atoms. The molecule has 0 atom stereocenters. The van der Waals surface area contributed by atoms with Gasteiger partial charge in [-0.05, 0) is 44.0 Å². The summed E-state index contributed by atoms with van der Waals surface area (Å²) in [6, 6.07) is 7.79. The molecule has 0 fully saturated rings. The average molecular weight is 336 g/mol. The highest BCUT2D eigenvalue weighted by molar-refractivity contribution is 5.93. The third-order valence-corrected chi connectivity index (χ3v) is 3.83. The number of rotatable bonds is 5. The van der Waals surface area contributed by atoms with Gasteiger partial charge in [-0.25, -0.2) is 9.97 Å². The van der Waals surface area contributed by atoms with E-state index in [1.54, 1.807) is 18.4 Å². The van der Waals surface area contributed by atoms with E-state index in [0.29, 0.717) is 23.8 Å². The zero-order chi connectivity index (χ0) is 17.8. The molecule has 1 amide bonds. The van der Waals surface area contributed by atoms with Crippen molar-refractivity contribution in [3.63, 3.8) is 0 Å². The maximum atomic E-state index is 12.1. The van der Waals surface area contributed by atoms with Gasteiger partial charge in [0.15, 0.2) is 0 Å². The lowest BCUT2D eigenvalue weighted by atomic mass is 10.1. The minimum absolute atomic E-state index is 0.245. The number of aromatic nitrogens is 2. The molecule has 2 aromatic heterocycles. The number of hydrogen-bond acceptors (Lipinski definition) is 5. The molecule has 0 bridgehead atoms. The quantitative estimate of drug-likeness (QED) is 0.743. The van der Waals surface area contributed by atoms with Gasteiger partial charge < -0.3 is 15.1 Å². The monoisotopic (exact) mass is 336 g/mol. The Balaban J connectivity index is 1.67. The zero-order valence-corrected chi connectivity index (χ0v) is 14.5. The Labute approximate surface area is 146 Å². The molecule has 0 radical (unpaired) electrons. The summed E-state index contributed by atoms with van der Waals surface area (Å²) in [5.41, 5.74) is 4.85. The molecule has 6 heteroatoms. The molecule has 1 aromatic carbocycles. The SMILES string of the molecule is Cc1cc(C)c(Nc2ncc(C(=O)NCc3ccco3)cn2)c(C)c1. The Bertz CT molecular complexity index is 848. The van der Waals surface area contributed by atoms with Crippen molar-refractivity contribution in [3.05, 3.63) is 70.9 Å². The van der Waals surface area contributed by atoms with Crippen LogP contribution >= 0.6 is 0 Å². The van der Waals surface area contributed by atoms with Crippen LogP contribution in [0, 0.1) is 20.8 Å². The molecule has 0 saturated heterocycles. The highest BCUT2D eigenvalue weighted by Gasteiger charge is 2.09. The van der Waals surface area contributed by atoms with Crippen molar-refractivity contribution in [1.82, 2.24) is 15.3 Å². The number of hydrogen-bond donors (Lipinski definition) is 2. The number of nitrogens with one attached hydrogen (secondary N) is 2. The fourth-order valence-corrected chi connectivity index (χ4v) is 2.68. The third-order valence-electron chi connectivity index (χ3n) is 3.83. The number of nitrogens with zero attached hydrogens (tertiary/aromatic N) is 2. The summed E-state index contributed by atoms with van der Waals surface area (Å²) < 4.78 is 5.18. The van der Waals surface area contributed by atoms with Crippen LogP contribution in [0.25, 0.3) is 0 Å². The molecule has 0 saturated carbocycles. The summed E-state index contributed by atoms with van der Waals surface area (Å²) >= 11 is 0. The van der Waals surface area contributed by atoms with Crippen LogP contribution in [0.4, 0.5) is 11.6 Å². The summed E-state index contributed by atoms with van der Waals surface area (Å²) in [7, 11) is 0. The number of furan rings is 1. The summed E-state index contributed by atoms with van der Waals surface area (Å²) in [6.07, 6.45) is 4.58. The lowest BCUT2D eigenvalue weighted by Gasteiger charge is -2.12.